The third-order valence-corrected chi connectivity index (χ3v) is 4.02. The van der Waals surface area contributed by atoms with E-state index in [1.54, 1.807) is 0 Å². The first-order valence-electron chi connectivity index (χ1n) is 6.44. The number of hydrogen-bond donors (Lipinski definition) is 2. The van der Waals surface area contributed by atoms with E-state index in [0.29, 0.717) is 13.0 Å². The number of benzene rings is 2. The highest BCUT2D eigenvalue weighted by molar-refractivity contribution is 6.30. The Balaban J connectivity index is 1.82. The average Bonchev–Trinajstić information content (AvgIpc) is 2.85. The third kappa shape index (κ3) is 2.52. The molecule has 0 amide bonds. The van der Waals surface area contributed by atoms with Crippen LogP contribution >= 0.6 is 11.6 Å². The molecule has 3 heteroatoms. The van der Waals surface area contributed by atoms with Crippen LogP contribution in [-0.4, -0.2) is 11.7 Å². The van der Waals surface area contributed by atoms with E-state index < -0.39 is 5.60 Å². The predicted molar refractivity (Wildman–Crippen MR) is 77.2 cm³/mol. The largest absolute Gasteiger partial charge is 0.384 e. The minimum Gasteiger partial charge on any atom is -0.384 e. The Morgan fingerprint density at radius 3 is 2.42 bits per heavy atom. The maximum Gasteiger partial charge on any atom is 0.104 e. The summed E-state index contributed by atoms with van der Waals surface area (Å²) in [6.07, 6.45) is 0.679. The topological polar surface area (TPSA) is 32.3 Å². The Kier molecular flexibility index (Phi) is 3.31. The molecular formula is C16H16ClNO. The molecule has 0 radical (unpaired) electrons. The molecule has 2 nitrogen and oxygen atoms in total. The molecule has 1 saturated heterocycles. The fourth-order valence-corrected chi connectivity index (χ4v) is 2.80. The van der Waals surface area contributed by atoms with Gasteiger partial charge in [0.1, 0.15) is 5.60 Å². The van der Waals surface area contributed by atoms with Crippen molar-refractivity contribution in [3.63, 3.8) is 0 Å². The van der Waals surface area contributed by atoms with E-state index in [9.17, 15) is 5.11 Å². The van der Waals surface area contributed by atoms with Crippen molar-refractivity contribution < 1.29 is 5.11 Å². The van der Waals surface area contributed by atoms with Gasteiger partial charge in [-0.2, -0.15) is 0 Å². The Labute approximate surface area is 118 Å². The molecule has 98 valence electrons. The van der Waals surface area contributed by atoms with Gasteiger partial charge in [0, 0.05) is 24.0 Å². The van der Waals surface area contributed by atoms with Gasteiger partial charge in [0.2, 0.25) is 0 Å². The summed E-state index contributed by atoms with van der Waals surface area (Å²) in [6.45, 7) is 0.574. The molecule has 2 N–H and O–H groups in total. The molecular weight excluding hydrogens is 258 g/mol. The molecule has 19 heavy (non-hydrogen) atoms. The lowest BCUT2D eigenvalue weighted by Crippen LogP contribution is -2.28. The second-order valence-corrected chi connectivity index (χ2v) is 5.52. The van der Waals surface area contributed by atoms with Gasteiger partial charge in [-0.25, -0.2) is 0 Å². The molecule has 1 aliphatic heterocycles. The first-order chi connectivity index (χ1) is 9.17. The summed E-state index contributed by atoms with van der Waals surface area (Å²) in [7, 11) is 0. The van der Waals surface area contributed by atoms with Crippen molar-refractivity contribution in [2.75, 3.05) is 6.54 Å². The SMILES string of the molecule is O[C@@]1(c2ccccc2)CN[C@H](c2ccc(Cl)cc2)C1. The summed E-state index contributed by atoms with van der Waals surface area (Å²) < 4.78 is 0. The average molecular weight is 274 g/mol. The van der Waals surface area contributed by atoms with Gasteiger partial charge in [-0.05, 0) is 23.3 Å². The van der Waals surface area contributed by atoms with Crippen LogP contribution in [0.5, 0.6) is 0 Å². The van der Waals surface area contributed by atoms with Crippen molar-refractivity contribution in [3.05, 3.63) is 70.7 Å². The van der Waals surface area contributed by atoms with Crippen LogP contribution in [0.25, 0.3) is 0 Å². The molecule has 0 aromatic heterocycles. The van der Waals surface area contributed by atoms with Crippen molar-refractivity contribution in [2.45, 2.75) is 18.1 Å². The number of halogens is 1. The normalized spacial score (nSPS) is 26.5. The molecule has 1 heterocycles. The monoisotopic (exact) mass is 273 g/mol. The zero-order valence-corrected chi connectivity index (χ0v) is 11.3. The van der Waals surface area contributed by atoms with Crippen LogP contribution in [0.3, 0.4) is 0 Å². The lowest BCUT2D eigenvalue weighted by molar-refractivity contribution is 0.0559. The lowest BCUT2D eigenvalue weighted by Gasteiger charge is -2.22. The van der Waals surface area contributed by atoms with Crippen LogP contribution in [0.15, 0.2) is 54.6 Å². The summed E-state index contributed by atoms with van der Waals surface area (Å²) in [6, 6.07) is 17.8. The second kappa shape index (κ2) is 4.97. The maximum absolute atomic E-state index is 10.8. The highest BCUT2D eigenvalue weighted by Gasteiger charge is 2.38. The third-order valence-electron chi connectivity index (χ3n) is 3.77. The Morgan fingerprint density at radius 1 is 1.05 bits per heavy atom. The maximum atomic E-state index is 10.8. The molecule has 3 rings (SSSR count). The van der Waals surface area contributed by atoms with E-state index in [1.165, 1.54) is 0 Å². The Morgan fingerprint density at radius 2 is 1.74 bits per heavy atom. The van der Waals surface area contributed by atoms with Gasteiger partial charge < -0.3 is 10.4 Å². The zero-order valence-electron chi connectivity index (χ0n) is 10.5. The van der Waals surface area contributed by atoms with E-state index in [0.717, 1.165) is 16.1 Å². The molecule has 2 atom stereocenters. The number of aliphatic hydroxyl groups is 1. The van der Waals surface area contributed by atoms with E-state index >= 15 is 0 Å². The van der Waals surface area contributed by atoms with Crippen molar-refractivity contribution in [1.29, 1.82) is 0 Å². The molecule has 0 bridgehead atoms. The van der Waals surface area contributed by atoms with Crippen molar-refractivity contribution >= 4 is 11.6 Å². The molecule has 1 fully saturated rings. The van der Waals surface area contributed by atoms with Crippen LogP contribution in [0.1, 0.15) is 23.6 Å². The van der Waals surface area contributed by atoms with Gasteiger partial charge in [-0.15, -0.1) is 0 Å². The highest BCUT2D eigenvalue weighted by atomic mass is 35.5. The van der Waals surface area contributed by atoms with Gasteiger partial charge in [0.25, 0.3) is 0 Å². The first kappa shape index (κ1) is 12.7. The number of nitrogens with one attached hydrogen (secondary N) is 1. The first-order valence-corrected chi connectivity index (χ1v) is 6.82. The van der Waals surface area contributed by atoms with Crippen LogP contribution in [-0.2, 0) is 5.60 Å². The van der Waals surface area contributed by atoms with Crippen LogP contribution < -0.4 is 5.32 Å². The molecule has 0 saturated carbocycles. The molecule has 2 aromatic carbocycles. The van der Waals surface area contributed by atoms with E-state index in [-0.39, 0.29) is 6.04 Å². The van der Waals surface area contributed by atoms with Crippen LogP contribution in [0.2, 0.25) is 5.02 Å². The minimum absolute atomic E-state index is 0.169. The summed E-state index contributed by atoms with van der Waals surface area (Å²) in [5.41, 5.74) is 1.35. The van der Waals surface area contributed by atoms with Crippen molar-refractivity contribution in [3.8, 4) is 0 Å². The summed E-state index contributed by atoms with van der Waals surface area (Å²) in [5.74, 6) is 0. The smallest absolute Gasteiger partial charge is 0.104 e. The van der Waals surface area contributed by atoms with E-state index in [2.05, 4.69) is 5.32 Å². The number of hydrogen-bond acceptors (Lipinski definition) is 2. The predicted octanol–water partition coefficient (Wildman–Crippen LogP) is 3.26. The van der Waals surface area contributed by atoms with Gasteiger partial charge >= 0.3 is 0 Å². The van der Waals surface area contributed by atoms with Gasteiger partial charge in [0.05, 0.1) is 0 Å². The number of β-amino-alcohol motifs (C(OH)–C–C–N with tert-alkyl or cyclic N) is 1. The summed E-state index contributed by atoms with van der Waals surface area (Å²) in [5, 5.41) is 14.9. The van der Waals surface area contributed by atoms with Gasteiger partial charge in [-0.3, -0.25) is 0 Å². The second-order valence-electron chi connectivity index (χ2n) is 5.09. The van der Waals surface area contributed by atoms with Gasteiger partial charge in [-0.1, -0.05) is 54.1 Å². The number of rotatable bonds is 2. The van der Waals surface area contributed by atoms with Crippen LogP contribution in [0.4, 0.5) is 0 Å². The van der Waals surface area contributed by atoms with Crippen molar-refractivity contribution in [1.82, 2.24) is 5.32 Å². The van der Waals surface area contributed by atoms with Crippen LogP contribution in [0, 0.1) is 0 Å². The van der Waals surface area contributed by atoms with E-state index in [1.807, 2.05) is 54.6 Å². The quantitative estimate of drug-likeness (QED) is 0.880. The Hall–Kier alpha value is -1.35. The molecule has 0 unspecified atom stereocenters. The van der Waals surface area contributed by atoms with Gasteiger partial charge in [0.15, 0.2) is 0 Å². The standard InChI is InChI=1S/C16H16ClNO/c17-14-8-6-12(7-9-14)15-10-16(19,11-18-15)13-4-2-1-3-5-13/h1-9,15,18-19H,10-11H2/t15-,16+/m0/s1. The molecule has 0 aliphatic carbocycles. The summed E-state index contributed by atoms with van der Waals surface area (Å²) >= 11 is 5.90. The fraction of sp³-hybridized carbons (Fsp3) is 0.250. The molecule has 0 spiro atoms. The van der Waals surface area contributed by atoms with E-state index in [4.69, 9.17) is 11.6 Å². The lowest BCUT2D eigenvalue weighted by atomic mass is 9.89. The Bertz CT molecular complexity index is 555. The van der Waals surface area contributed by atoms with Crippen molar-refractivity contribution in [2.24, 2.45) is 0 Å². The summed E-state index contributed by atoms with van der Waals surface area (Å²) in [4.78, 5) is 0. The fourth-order valence-electron chi connectivity index (χ4n) is 2.67. The minimum atomic E-state index is -0.786. The molecule has 1 aliphatic rings. The molecule has 2 aromatic rings. The zero-order chi connectivity index (χ0) is 13.3. The highest BCUT2D eigenvalue weighted by Crippen LogP contribution is 2.37.